The minimum absolute atomic E-state index is 0.0495. The van der Waals surface area contributed by atoms with Crippen molar-refractivity contribution in [1.29, 1.82) is 0 Å². The van der Waals surface area contributed by atoms with Gasteiger partial charge in [-0.05, 0) is 41.5 Å². The number of fused-ring (bicyclic) bond motifs is 1. The van der Waals surface area contributed by atoms with E-state index in [0.29, 0.717) is 10.5 Å². The molecule has 8 nitrogen and oxygen atoms in total. The van der Waals surface area contributed by atoms with Crippen molar-refractivity contribution in [2.45, 2.75) is 19.6 Å². The van der Waals surface area contributed by atoms with Gasteiger partial charge in [-0.3, -0.25) is 23.7 Å². The second-order valence-corrected chi connectivity index (χ2v) is 7.26. The van der Waals surface area contributed by atoms with E-state index >= 15 is 0 Å². The van der Waals surface area contributed by atoms with Crippen LogP contribution in [0.5, 0.6) is 0 Å². The summed E-state index contributed by atoms with van der Waals surface area (Å²) in [5.74, 6) is -0.388. The van der Waals surface area contributed by atoms with Crippen LogP contribution in [-0.4, -0.2) is 25.0 Å². The van der Waals surface area contributed by atoms with Gasteiger partial charge in [0.25, 0.3) is 5.56 Å². The van der Waals surface area contributed by atoms with Crippen LogP contribution < -0.4 is 16.6 Å². The van der Waals surface area contributed by atoms with E-state index in [1.54, 1.807) is 48.8 Å². The Labute approximate surface area is 181 Å². The summed E-state index contributed by atoms with van der Waals surface area (Å²) in [6.07, 6.45) is 4.65. The fourth-order valence-corrected chi connectivity index (χ4v) is 3.44. The van der Waals surface area contributed by atoms with E-state index in [9.17, 15) is 14.4 Å². The van der Waals surface area contributed by atoms with Crippen LogP contribution in [0.25, 0.3) is 11.0 Å². The van der Waals surface area contributed by atoms with E-state index in [1.807, 2.05) is 12.1 Å². The summed E-state index contributed by atoms with van der Waals surface area (Å²) in [5, 5.41) is 3.31. The van der Waals surface area contributed by atoms with Gasteiger partial charge in [0.1, 0.15) is 6.54 Å². The largest absolute Gasteiger partial charge is 0.350 e. The zero-order chi connectivity index (χ0) is 21.8. The van der Waals surface area contributed by atoms with E-state index < -0.39 is 11.2 Å². The number of benzene rings is 1. The summed E-state index contributed by atoms with van der Waals surface area (Å²) in [6.45, 7) is 0.0101. The van der Waals surface area contributed by atoms with E-state index in [2.05, 4.69) is 15.3 Å². The van der Waals surface area contributed by atoms with Crippen LogP contribution in [0.15, 0.2) is 76.7 Å². The summed E-state index contributed by atoms with van der Waals surface area (Å²) in [7, 11) is 0. The molecule has 0 aliphatic heterocycles. The zero-order valence-corrected chi connectivity index (χ0v) is 17.1. The van der Waals surface area contributed by atoms with Gasteiger partial charge < -0.3 is 5.32 Å². The highest BCUT2D eigenvalue weighted by Gasteiger charge is 2.16. The molecule has 31 heavy (non-hydrogen) atoms. The van der Waals surface area contributed by atoms with Crippen molar-refractivity contribution < 1.29 is 4.79 Å². The molecule has 0 radical (unpaired) electrons. The molecule has 0 aliphatic carbocycles. The van der Waals surface area contributed by atoms with Gasteiger partial charge in [-0.25, -0.2) is 9.78 Å². The summed E-state index contributed by atoms with van der Waals surface area (Å²) >= 11 is 6.13. The third-order valence-corrected chi connectivity index (χ3v) is 5.18. The minimum Gasteiger partial charge on any atom is -0.350 e. The molecule has 0 bridgehead atoms. The average Bonchev–Trinajstić information content (AvgIpc) is 2.79. The Morgan fingerprint density at radius 3 is 2.52 bits per heavy atom. The normalized spacial score (nSPS) is 10.9. The summed E-state index contributed by atoms with van der Waals surface area (Å²) in [4.78, 5) is 46.8. The Balaban J connectivity index is 1.68. The molecule has 0 saturated carbocycles. The number of hydrogen-bond donors (Lipinski definition) is 1. The first kappa shape index (κ1) is 20.5. The standard InChI is InChI=1S/C22H18ClN5O3/c23-17-5-2-1-4-16(17)12-26-19(29)14-27-18-6-3-9-25-20(18)21(30)28(22(27)31)13-15-7-10-24-11-8-15/h1-11H,12-14H2,(H,26,29). The number of amides is 1. The molecule has 0 unspecified atom stereocenters. The fourth-order valence-electron chi connectivity index (χ4n) is 3.24. The number of aromatic nitrogens is 4. The lowest BCUT2D eigenvalue weighted by Crippen LogP contribution is -2.43. The molecule has 9 heteroatoms. The van der Waals surface area contributed by atoms with Gasteiger partial charge in [-0.15, -0.1) is 0 Å². The average molecular weight is 436 g/mol. The van der Waals surface area contributed by atoms with Crippen molar-refractivity contribution in [3.8, 4) is 0 Å². The van der Waals surface area contributed by atoms with Crippen LogP contribution in [-0.2, 0) is 24.4 Å². The highest BCUT2D eigenvalue weighted by atomic mass is 35.5. The van der Waals surface area contributed by atoms with Gasteiger partial charge in [0, 0.05) is 30.2 Å². The van der Waals surface area contributed by atoms with E-state index in [4.69, 9.17) is 11.6 Å². The van der Waals surface area contributed by atoms with Crippen LogP contribution in [0.4, 0.5) is 0 Å². The maximum atomic E-state index is 13.2. The predicted octanol–water partition coefficient (Wildman–Crippen LogP) is 1.97. The molecule has 0 aliphatic rings. The molecule has 0 atom stereocenters. The lowest BCUT2D eigenvalue weighted by atomic mass is 10.2. The predicted molar refractivity (Wildman–Crippen MR) is 117 cm³/mol. The minimum atomic E-state index is -0.588. The molecule has 0 fully saturated rings. The SMILES string of the molecule is O=C(Cn1c(=O)n(Cc2ccncc2)c(=O)c2ncccc21)NCc1ccccc1Cl. The maximum Gasteiger partial charge on any atom is 0.332 e. The van der Waals surface area contributed by atoms with Gasteiger partial charge in [0.15, 0.2) is 5.52 Å². The number of nitrogens with zero attached hydrogens (tertiary/aromatic N) is 4. The molecule has 156 valence electrons. The van der Waals surface area contributed by atoms with Crippen molar-refractivity contribution in [3.63, 3.8) is 0 Å². The molecular weight excluding hydrogens is 418 g/mol. The van der Waals surface area contributed by atoms with Crippen molar-refractivity contribution in [2.75, 3.05) is 0 Å². The first-order chi connectivity index (χ1) is 15.0. The molecule has 0 spiro atoms. The Bertz CT molecular complexity index is 1370. The number of halogens is 1. The second-order valence-electron chi connectivity index (χ2n) is 6.85. The van der Waals surface area contributed by atoms with Crippen LogP contribution >= 0.6 is 11.6 Å². The first-order valence-corrected chi connectivity index (χ1v) is 9.90. The van der Waals surface area contributed by atoms with Crippen molar-refractivity contribution in [2.24, 2.45) is 0 Å². The number of nitrogens with one attached hydrogen (secondary N) is 1. The van der Waals surface area contributed by atoms with Crippen LogP contribution in [0.1, 0.15) is 11.1 Å². The van der Waals surface area contributed by atoms with E-state index in [0.717, 1.165) is 15.7 Å². The molecule has 1 N–H and O–H groups in total. The Kier molecular flexibility index (Phi) is 5.90. The van der Waals surface area contributed by atoms with Crippen LogP contribution in [0.2, 0.25) is 5.02 Å². The van der Waals surface area contributed by atoms with Gasteiger partial charge in [0.2, 0.25) is 5.91 Å². The van der Waals surface area contributed by atoms with Gasteiger partial charge in [-0.2, -0.15) is 0 Å². The molecule has 1 aromatic carbocycles. The summed E-state index contributed by atoms with van der Waals surface area (Å²) < 4.78 is 2.33. The monoisotopic (exact) mass is 435 g/mol. The van der Waals surface area contributed by atoms with Gasteiger partial charge >= 0.3 is 5.69 Å². The van der Waals surface area contributed by atoms with Crippen LogP contribution in [0.3, 0.4) is 0 Å². The highest BCUT2D eigenvalue weighted by Crippen LogP contribution is 2.14. The Morgan fingerprint density at radius 2 is 1.74 bits per heavy atom. The topological polar surface area (TPSA) is 98.9 Å². The smallest absolute Gasteiger partial charge is 0.332 e. The maximum absolute atomic E-state index is 13.2. The quantitative estimate of drug-likeness (QED) is 0.499. The van der Waals surface area contributed by atoms with Gasteiger partial charge in [0.05, 0.1) is 12.1 Å². The van der Waals surface area contributed by atoms with Crippen LogP contribution in [0, 0.1) is 0 Å². The molecule has 3 heterocycles. The van der Waals surface area contributed by atoms with Gasteiger partial charge in [-0.1, -0.05) is 29.8 Å². The van der Waals surface area contributed by atoms with Crippen molar-refractivity contribution >= 4 is 28.5 Å². The molecule has 4 rings (SSSR count). The lowest BCUT2D eigenvalue weighted by Gasteiger charge is -2.14. The third-order valence-electron chi connectivity index (χ3n) is 4.81. The zero-order valence-electron chi connectivity index (χ0n) is 16.4. The number of rotatable bonds is 6. The second kappa shape index (κ2) is 8.93. The molecule has 0 saturated heterocycles. The molecule has 1 amide bonds. The van der Waals surface area contributed by atoms with E-state index in [-0.39, 0.29) is 31.1 Å². The number of hydrogen-bond acceptors (Lipinski definition) is 5. The molecular formula is C22H18ClN5O3. The Hall–Kier alpha value is -3.78. The summed E-state index contributed by atoms with van der Waals surface area (Å²) in [5.41, 5.74) is 0.824. The number of carbonyl (C=O) groups excluding carboxylic acids is 1. The number of carbonyl (C=O) groups is 1. The Morgan fingerprint density at radius 1 is 0.968 bits per heavy atom. The molecule has 3 aromatic heterocycles. The third kappa shape index (κ3) is 4.39. The summed E-state index contributed by atoms with van der Waals surface area (Å²) in [6, 6.07) is 13.8. The lowest BCUT2D eigenvalue weighted by molar-refractivity contribution is -0.121. The number of pyridine rings is 2. The highest BCUT2D eigenvalue weighted by molar-refractivity contribution is 6.31. The van der Waals surface area contributed by atoms with Crippen molar-refractivity contribution in [3.05, 3.63) is 104 Å². The van der Waals surface area contributed by atoms with E-state index in [1.165, 1.54) is 10.8 Å². The fraction of sp³-hybridized carbons (Fsp3) is 0.136. The first-order valence-electron chi connectivity index (χ1n) is 9.52. The van der Waals surface area contributed by atoms with Crippen molar-refractivity contribution in [1.82, 2.24) is 24.4 Å². The molecule has 4 aromatic rings.